The molecule has 1 heterocycles. The van der Waals surface area contributed by atoms with Crippen LogP contribution in [-0.2, 0) is 9.59 Å². The van der Waals surface area contributed by atoms with E-state index in [2.05, 4.69) is 0 Å². The van der Waals surface area contributed by atoms with E-state index in [9.17, 15) is 22.8 Å². The molecule has 1 aliphatic rings. The molecule has 0 N–H and O–H groups in total. The quantitative estimate of drug-likeness (QED) is 0.649. The molecule has 0 aromatic rings. The molecule has 14 heavy (non-hydrogen) atoms. The maximum atomic E-state index is 11.8. The van der Waals surface area contributed by atoms with Crippen LogP contribution in [0.2, 0.25) is 0 Å². The van der Waals surface area contributed by atoms with Crippen molar-refractivity contribution in [1.29, 1.82) is 0 Å². The number of amides is 1. The van der Waals surface area contributed by atoms with Crippen LogP contribution in [0.4, 0.5) is 13.2 Å². The van der Waals surface area contributed by atoms with Gasteiger partial charge >= 0.3 is 6.18 Å². The zero-order valence-electron chi connectivity index (χ0n) is 7.43. The molecule has 1 amide bonds. The van der Waals surface area contributed by atoms with E-state index >= 15 is 0 Å². The summed E-state index contributed by atoms with van der Waals surface area (Å²) in [6.45, 7) is 0.0789. The van der Waals surface area contributed by atoms with Gasteiger partial charge in [-0.05, 0) is 6.42 Å². The highest BCUT2D eigenvalue weighted by Crippen LogP contribution is 2.21. The Morgan fingerprint density at radius 2 is 2.07 bits per heavy atom. The smallest absolute Gasteiger partial charge is 0.335 e. The first-order valence-corrected chi connectivity index (χ1v) is 4.25. The van der Waals surface area contributed by atoms with E-state index < -0.39 is 18.5 Å². The lowest BCUT2D eigenvalue weighted by Gasteiger charge is -2.26. The van der Waals surface area contributed by atoms with E-state index in [0.717, 1.165) is 4.90 Å². The number of carbonyl (C=O) groups excluding carboxylic acids is 2. The fraction of sp³-hybridized carbons (Fsp3) is 0.750. The van der Waals surface area contributed by atoms with Crippen LogP contribution in [0, 0.1) is 0 Å². The third-order valence-corrected chi connectivity index (χ3v) is 1.96. The first-order valence-electron chi connectivity index (χ1n) is 4.25. The van der Waals surface area contributed by atoms with Crippen molar-refractivity contribution in [3.05, 3.63) is 0 Å². The van der Waals surface area contributed by atoms with Gasteiger partial charge in [0, 0.05) is 13.0 Å². The lowest BCUT2D eigenvalue weighted by molar-refractivity contribution is -0.163. The zero-order chi connectivity index (χ0) is 10.8. The molecule has 3 nitrogen and oxygen atoms in total. The first-order chi connectivity index (χ1) is 6.38. The first kappa shape index (κ1) is 11.0. The Morgan fingerprint density at radius 3 is 2.57 bits per heavy atom. The van der Waals surface area contributed by atoms with E-state index in [-0.39, 0.29) is 18.9 Å². The number of piperidine rings is 1. The van der Waals surface area contributed by atoms with Gasteiger partial charge in [-0.1, -0.05) is 0 Å². The molecule has 0 bridgehead atoms. The summed E-state index contributed by atoms with van der Waals surface area (Å²) in [5.74, 6) is -1.18. The minimum absolute atomic E-state index is 0.172. The lowest BCUT2D eigenvalue weighted by atomic mass is 10.1. The molecule has 0 aliphatic carbocycles. The van der Waals surface area contributed by atoms with Crippen LogP contribution in [0.15, 0.2) is 0 Å². The summed E-state index contributed by atoms with van der Waals surface area (Å²) >= 11 is 0. The molecule has 80 valence electrons. The second-order valence-electron chi connectivity index (χ2n) is 3.25. The molecular formula is C8H10F3NO2. The number of halogens is 3. The van der Waals surface area contributed by atoms with Gasteiger partial charge in [-0.2, -0.15) is 13.2 Å². The summed E-state index contributed by atoms with van der Waals surface area (Å²) in [6, 6.07) is 0. The second-order valence-corrected chi connectivity index (χ2v) is 3.25. The third kappa shape index (κ3) is 3.35. The van der Waals surface area contributed by atoms with E-state index in [1.165, 1.54) is 0 Å². The van der Waals surface area contributed by atoms with Crippen LogP contribution in [0.3, 0.4) is 0 Å². The standard InChI is InChI=1S/C8H10F3NO2/c9-8(10,11)4-7(14)12-3-1-2-6(13)5-12/h1-5H2. The molecule has 0 spiro atoms. The Hall–Kier alpha value is -1.07. The van der Waals surface area contributed by atoms with E-state index in [0.29, 0.717) is 12.8 Å². The maximum Gasteiger partial charge on any atom is 0.397 e. The van der Waals surface area contributed by atoms with Crippen molar-refractivity contribution in [2.24, 2.45) is 0 Å². The molecule has 1 saturated heterocycles. The van der Waals surface area contributed by atoms with Gasteiger partial charge in [0.2, 0.25) is 5.91 Å². The van der Waals surface area contributed by atoms with Crippen molar-refractivity contribution in [1.82, 2.24) is 4.90 Å². The Balaban J connectivity index is 2.48. The summed E-state index contributed by atoms with van der Waals surface area (Å²) in [5.41, 5.74) is 0. The molecule has 1 aliphatic heterocycles. The van der Waals surface area contributed by atoms with Crippen LogP contribution >= 0.6 is 0 Å². The molecule has 0 unspecified atom stereocenters. The minimum Gasteiger partial charge on any atom is -0.335 e. The molecule has 6 heteroatoms. The normalized spacial score (nSPS) is 18.5. The summed E-state index contributed by atoms with van der Waals surface area (Å²) in [5, 5.41) is 0. The van der Waals surface area contributed by atoms with Crippen molar-refractivity contribution in [2.45, 2.75) is 25.4 Å². The Bertz CT molecular complexity index is 249. The molecule has 0 radical (unpaired) electrons. The average Bonchev–Trinajstić information content (AvgIpc) is 2.01. The van der Waals surface area contributed by atoms with Gasteiger partial charge in [0.05, 0.1) is 6.54 Å². The Labute approximate surface area is 78.9 Å². The van der Waals surface area contributed by atoms with Gasteiger partial charge < -0.3 is 4.90 Å². The molecule has 0 aromatic carbocycles. The summed E-state index contributed by atoms with van der Waals surface area (Å²) < 4.78 is 35.5. The molecule has 0 aromatic heterocycles. The number of carbonyl (C=O) groups is 2. The molecule has 1 fully saturated rings. The van der Waals surface area contributed by atoms with Crippen molar-refractivity contribution in [2.75, 3.05) is 13.1 Å². The minimum atomic E-state index is -4.49. The number of ketones is 1. The van der Waals surface area contributed by atoms with E-state index in [1.54, 1.807) is 0 Å². The molecule has 1 rings (SSSR count). The third-order valence-electron chi connectivity index (χ3n) is 1.96. The number of alkyl halides is 3. The number of nitrogens with zero attached hydrogens (tertiary/aromatic N) is 1. The summed E-state index contributed by atoms with van der Waals surface area (Å²) in [4.78, 5) is 22.9. The highest BCUT2D eigenvalue weighted by atomic mass is 19.4. The Morgan fingerprint density at radius 1 is 1.43 bits per heavy atom. The zero-order valence-corrected chi connectivity index (χ0v) is 7.43. The average molecular weight is 209 g/mol. The monoisotopic (exact) mass is 209 g/mol. The molecular weight excluding hydrogens is 199 g/mol. The Kier molecular flexibility index (Phi) is 3.13. The number of likely N-dealkylation sites (tertiary alicyclic amines) is 1. The second kappa shape index (κ2) is 3.98. The van der Waals surface area contributed by atoms with Crippen molar-refractivity contribution in [3.8, 4) is 0 Å². The largest absolute Gasteiger partial charge is 0.397 e. The van der Waals surface area contributed by atoms with E-state index in [1.807, 2.05) is 0 Å². The van der Waals surface area contributed by atoms with Crippen molar-refractivity contribution >= 4 is 11.7 Å². The predicted molar refractivity (Wildman–Crippen MR) is 41.5 cm³/mol. The number of hydrogen-bond donors (Lipinski definition) is 0. The van der Waals surface area contributed by atoms with Gasteiger partial charge in [0.15, 0.2) is 5.78 Å². The van der Waals surface area contributed by atoms with Crippen molar-refractivity contribution < 1.29 is 22.8 Å². The van der Waals surface area contributed by atoms with Crippen LogP contribution in [0.25, 0.3) is 0 Å². The van der Waals surface area contributed by atoms with E-state index in [4.69, 9.17) is 0 Å². The van der Waals surface area contributed by atoms with Crippen LogP contribution in [0.5, 0.6) is 0 Å². The maximum absolute atomic E-state index is 11.8. The number of hydrogen-bond acceptors (Lipinski definition) is 2. The topological polar surface area (TPSA) is 37.4 Å². The predicted octanol–water partition coefficient (Wildman–Crippen LogP) is 1.13. The summed E-state index contributed by atoms with van der Waals surface area (Å²) in [6.07, 6.45) is -5.14. The van der Waals surface area contributed by atoms with Crippen molar-refractivity contribution in [3.63, 3.8) is 0 Å². The van der Waals surface area contributed by atoms with Gasteiger partial charge in [-0.3, -0.25) is 9.59 Å². The van der Waals surface area contributed by atoms with Crippen LogP contribution in [-0.4, -0.2) is 35.9 Å². The molecule has 0 atom stereocenters. The van der Waals surface area contributed by atoms with Crippen LogP contribution in [0.1, 0.15) is 19.3 Å². The highest BCUT2D eigenvalue weighted by Gasteiger charge is 2.34. The summed E-state index contributed by atoms with van der Waals surface area (Å²) in [7, 11) is 0. The van der Waals surface area contributed by atoms with Gasteiger partial charge in [-0.25, -0.2) is 0 Å². The van der Waals surface area contributed by atoms with Gasteiger partial charge in [0.1, 0.15) is 6.42 Å². The fourth-order valence-corrected chi connectivity index (χ4v) is 1.33. The SMILES string of the molecule is O=C1CCCN(C(=O)CC(F)(F)F)C1. The van der Waals surface area contributed by atoms with Gasteiger partial charge in [-0.15, -0.1) is 0 Å². The van der Waals surface area contributed by atoms with Crippen LogP contribution < -0.4 is 0 Å². The highest BCUT2D eigenvalue weighted by molar-refractivity contribution is 5.87. The number of Topliss-reactive ketones (excluding diaryl/α,β-unsaturated/α-hetero) is 1. The van der Waals surface area contributed by atoms with Gasteiger partial charge in [0.25, 0.3) is 0 Å². The lowest BCUT2D eigenvalue weighted by Crippen LogP contribution is -2.41. The molecule has 0 saturated carbocycles. The fourth-order valence-electron chi connectivity index (χ4n) is 1.33. The number of rotatable bonds is 1.